The van der Waals surface area contributed by atoms with E-state index in [-0.39, 0.29) is 5.91 Å². The van der Waals surface area contributed by atoms with Gasteiger partial charge in [0.2, 0.25) is 0 Å². The Morgan fingerprint density at radius 3 is 2.06 bits per heavy atom. The molecule has 0 bridgehead atoms. The largest absolute Gasteiger partial charge is 0.309 e. The SMILES string of the molecule is Cc1ccc(C(=O)N/N=C/c2cc(-c3ccccc3)n(-c3ccc(Br)cc3)c2-c2ccccc2)cc1. The number of hydrogen-bond donors (Lipinski definition) is 1. The van der Waals surface area contributed by atoms with Crippen LogP contribution in [-0.2, 0) is 0 Å². The first kappa shape index (κ1) is 23.5. The first-order valence-corrected chi connectivity index (χ1v) is 12.4. The van der Waals surface area contributed by atoms with E-state index in [1.54, 1.807) is 18.3 Å². The number of aromatic nitrogens is 1. The number of hydrazone groups is 1. The van der Waals surface area contributed by atoms with E-state index in [0.717, 1.165) is 43.8 Å². The molecular weight excluding hydrogens is 510 g/mol. The Bertz CT molecular complexity index is 1500. The predicted octanol–water partition coefficient (Wildman–Crippen LogP) is 7.65. The van der Waals surface area contributed by atoms with Gasteiger partial charge in [-0.1, -0.05) is 94.3 Å². The highest BCUT2D eigenvalue weighted by Gasteiger charge is 2.18. The van der Waals surface area contributed by atoms with E-state index in [4.69, 9.17) is 0 Å². The van der Waals surface area contributed by atoms with Crippen molar-refractivity contribution in [2.24, 2.45) is 5.10 Å². The fourth-order valence-corrected chi connectivity index (χ4v) is 4.39. The molecule has 0 fully saturated rings. The molecule has 0 radical (unpaired) electrons. The Labute approximate surface area is 219 Å². The number of aryl methyl sites for hydroxylation is 1. The lowest BCUT2D eigenvalue weighted by Crippen LogP contribution is -2.17. The Hall–Kier alpha value is -4.22. The van der Waals surface area contributed by atoms with E-state index in [2.05, 4.69) is 73.5 Å². The molecule has 4 nitrogen and oxygen atoms in total. The highest BCUT2D eigenvalue weighted by atomic mass is 79.9. The second kappa shape index (κ2) is 10.6. The zero-order valence-electron chi connectivity index (χ0n) is 19.7. The molecule has 1 aromatic heterocycles. The fourth-order valence-electron chi connectivity index (χ4n) is 4.13. The van der Waals surface area contributed by atoms with Crippen LogP contribution in [0.25, 0.3) is 28.2 Å². The van der Waals surface area contributed by atoms with Crippen molar-refractivity contribution in [3.63, 3.8) is 0 Å². The number of nitrogens with zero attached hydrogens (tertiary/aromatic N) is 2. The van der Waals surface area contributed by atoms with E-state index in [0.29, 0.717) is 5.56 Å². The first-order chi connectivity index (χ1) is 17.6. The molecule has 0 saturated heterocycles. The first-order valence-electron chi connectivity index (χ1n) is 11.6. The van der Waals surface area contributed by atoms with Crippen LogP contribution >= 0.6 is 15.9 Å². The molecule has 5 heteroatoms. The molecule has 0 saturated carbocycles. The van der Waals surface area contributed by atoms with Crippen LogP contribution in [0.4, 0.5) is 0 Å². The maximum atomic E-state index is 12.6. The zero-order chi connectivity index (χ0) is 24.9. The number of benzene rings is 4. The lowest BCUT2D eigenvalue weighted by molar-refractivity contribution is 0.0955. The summed E-state index contributed by atoms with van der Waals surface area (Å²) in [6.45, 7) is 1.99. The third-order valence-electron chi connectivity index (χ3n) is 5.92. The highest BCUT2D eigenvalue weighted by molar-refractivity contribution is 9.10. The van der Waals surface area contributed by atoms with Crippen LogP contribution in [0, 0.1) is 6.92 Å². The molecule has 0 aliphatic heterocycles. The summed E-state index contributed by atoms with van der Waals surface area (Å²) >= 11 is 3.55. The maximum absolute atomic E-state index is 12.6. The summed E-state index contributed by atoms with van der Waals surface area (Å²) in [6.07, 6.45) is 1.72. The van der Waals surface area contributed by atoms with Crippen LogP contribution in [0.15, 0.2) is 125 Å². The van der Waals surface area contributed by atoms with Gasteiger partial charge in [0.15, 0.2) is 0 Å². The van der Waals surface area contributed by atoms with Gasteiger partial charge in [-0.25, -0.2) is 5.43 Å². The molecule has 0 aliphatic carbocycles. The molecule has 36 heavy (non-hydrogen) atoms. The number of halogens is 1. The molecule has 0 spiro atoms. The van der Waals surface area contributed by atoms with Crippen molar-refractivity contribution < 1.29 is 4.79 Å². The van der Waals surface area contributed by atoms with Crippen LogP contribution < -0.4 is 5.43 Å². The third kappa shape index (κ3) is 5.07. The lowest BCUT2D eigenvalue weighted by atomic mass is 10.1. The molecule has 5 rings (SSSR count). The van der Waals surface area contributed by atoms with Crippen molar-refractivity contribution in [1.82, 2.24) is 9.99 Å². The van der Waals surface area contributed by atoms with Gasteiger partial charge in [0.1, 0.15) is 0 Å². The van der Waals surface area contributed by atoms with Gasteiger partial charge in [-0.15, -0.1) is 0 Å². The van der Waals surface area contributed by atoms with Gasteiger partial charge in [-0.2, -0.15) is 5.10 Å². The summed E-state index contributed by atoms with van der Waals surface area (Å²) < 4.78 is 3.25. The number of carbonyl (C=O) groups excluding carboxylic acids is 1. The number of carbonyl (C=O) groups is 1. The highest BCUT2D eigenvalue weighted by Crippen LogP contribution is 2.35. The quantitative estimate of drug-likeness (QED) is 0.177. The van der Waals surface area contributed by atoms with E-state index < -0.39 is 0 Å². The molecule has 1 N–H and O–H groups in total. The van der Waals surface area contributed by atoms with E-state index in [1.165, 1.54) is 0 Å². The molecule has 5 aromatic rings. The summed E-state index contributed by atoms with van der Waals surface area (Å²) in [5, 5.41) is 4.34. The molecule has 4 aromatic carbocycles. The Morgan fingerprint density at radius 2 is 1.42 bits per heavy atom. The summed E-state index contributed by atoms with van der Waals surface area (Å²) in [7, 11) is 0. The van der Waals surface area contributed by atoms with Crippen LogP contribution in [0.3, 0.4) is 0 Å². The molecular formula is C31H24BrN3O. The Balaban J connectivity index is 1.62. The maximum Gasteiger partial charge on any atom is 0.271 e. The lowest BCUT2D eigenvalue weighted by Gasteiger charge is -2.15. The Morgan fingerprint density at radius 1 is 0.806 bits per heavy atom. The third-order valence-corrected chi connectivity index (χ3v) is 6.44. The van der Waals surface area contributed by atoms with Crippen LogP contribution in [0.5, 0.6) is 0 Å². The molecule has 0 aliphatic rings. The van der Waals surface area contributed by atoms with Gasteiger partial charge >= 0.3 is 0 Å². The van der Waals surface area contributed by atoms with E-state index in [1.807, 2.05) is 67.6 Å². The normalized spacial score (nSPS) is 11.1. The zero-order valence-corrected chi connectivity index (χ0v) is 21.3. The van der Waals surface area contributed by atoms with Crippen LogP contribution in [0.1, 0.15) is 21.5 Å². The van der Waals surface area contributed by atoms with Crippen LogP contribution in [0.2, 0.25) is 0 Å². The summed E-state index contributed by atoms with van der Waals surface area (Å²) in [5.74, 6) is -0.247. The molecule has 0 atom stereocenters. The standard InChI is InChI=1S/C31H24BrN3O/c1-22-12-14-25(15-13-22)31(36)34-33-21-26-20-29(23-8-4-2-5-9-23)35(28-18-16-27(32)17-19-28)30(26)24-10-6-3-7-11-24/h2-21H,1H3,(H,34,36)/b33-21+. The monoisotopic (exact) mass is 533 g/mol. The van der Waals surface area contributed by atoms with Crippen LogP contribution in [-0.4, -0.2) is 16.7 Å². The topological polar surface area (TPSA) is 46.4 Å². The minimum Gasteiger partial charge on any atom is -0.309 e. The van der Waals surface area contributed by atoms with E-state index in [9.17, 15) is 4.79 Å². The van der Waals surface area contributed by atoms with E-state index >= 15 is 0 Å². The fraction of sp³-hybridized carbons (Fsp3) is 0.0323. The smallest absolute Gasteiger partial charge is 0.271 e. The number of nitrogens with one attached hydrogen (secondary N) is 1. The predicted molar refractivity (Wildman–Crippen MR) is 151 cm³/mol. The van der Waals surface area contributed by atoms with Crippen molar-refractivity contribution in [2.75, 3.05) is 0 Å². The number of rotatable bonds is 6. The van der Waals surface area contributed by atoms with Crippen molar-refractivity contribution in [1.29, 1.82) is 0 Å². The molecule has 1 amide bonds. The van der Waals surface area contributed by atoms with Gasteiger partial charge in [0.05, 0.1) is 17.6 Å². The summed E-state index contributed by atoms with van der Waals surface area (Å²) in [5.41, 5.74) is 10.4. The minimum atomic E-state index is -0.247. The average Bonchev–Trinajstić information content (AvgIpc) is 3.30. The molecule has 1 heterocycles. The number of amides is 1. The van der Waals surface area contributed by atoms with Crippen molar-refractivity contribution in [3.05, 3.63) is 136 Å². The molecule has 176 valence electrons. The second-order valence-corrected chi connectivity index (χ2v) is 9.36. The van der Waals surface area contributed by atoms with Gasteiger partial charge in [-0.3, -0.25) is 4.79 Å². The van der Waals surface area contributed by atoms with Crippen molar-refractivity contribution in [2.45, 2.75) is 6.92 Å². The minimum absolute atomic E-state index is 0.247. The average molecular weight is 534 g/mol. The Kier molecular flexibility index (Phi) is 6.92. The summed E-state index contributed by atoms with van der Waals surface area (Å²) in [4.78, 5) is 12.6. The van der Waals surface area contributed by atoms with Gasteiger partial charge in [0, 0.05) is 21.3 Å². The van der Waals surface area contributed by atoms with Gasteiger partial charge < -0.3 is 4.57 Å². The number of hydrogen-bond acceptors (Lipinski definition) is 2. The van der Waals surface area contributed by atoms with Crippen molar-refractivity contribution >= 4 is 28.1 Å². The van der Waals surface area contributed by atoms with Crippen molar-refractivity contribution in [3.8, 4) is 28.2 Å². The van der Waals surface area contributed by atoms with Gasteiger partial charge in [-0.05, 0) is 60.5 Å². The summed E-state index contributed by atoms with van der Waals surface area (Å²) in [6, 6.07) is 38.3. The molecule has 0 unspecified atom stereocenters. The second-order valence-electron chi connectivity index (χ2n) is 8.44. The van der Waals surface area contributed by atoms with Gasteiger partial charge in [0.25, 0.3) is 5.91 Å².